The number of anilines is 1. The summed E-state index contributed by atoms with van der Waals surface area (Å²) in [5.74, 6) is 0.204. The molecule has 1 amide bonds. The number of carbonyl (C=O) groups excluding carboxylic acids is 1. The fourth-order valence-corrected chi connectivity index (χ4v) is 2.80. The smallest absolute Gasteiger partial charge is 0.242 e. The summed E-state index contributed by atoms with van der Waals surface area (Å²) in [5.41, 5.74) is 2.52. The van der Waals surface area contributed by atoms with Crippen molar-refractivity contribution in [2.24, 2.45) is 5.92 Å². The molecule has 4 rings (SSSR count). The quantitative estimate of drug-likeness (QED) is 0.736. The lowest BCUT2D eigenvalue weighted by atomic mass is 10.1. The highest BCUT2D eigenvalue weighted by Gasteiger charge is 2.30. The summed E-state index contributed by atoms with van der Waals surface area (Å²) < 4.78 is 16.0. The number of benzene rings is 1. The summed E-state index contributed by atoms with van der Waals surface area (Å²) in [7, 11) is 0. The van der Waals surface area contributed by atoms with E-state index in [9.17, 15) is 9.18 Å². The molecule has 0 spiro atoms. The van der Waals surface area contributed by atoms with Crippen molar-refractivity contribution in [3.05, 3.63) is 65.4 Å². The van der Waals surface area contributed by atoms with Crippen LogP contribution >= 0.6 is 0 Å². The Bertz CT molecular complexity index is 1010. The van der Waals surface area contributed by atoms with E-state index in [1.165, 1.54) is 6.07 Å². The lowest BCUT2D eigenvalue weighted by molar-refractivity contribution is -0.117. The van der Waals surface area contributed by atoms with Crippen molar-refractivity contribution >= 4 is 17.4 Å². The zero-order valence-electron chi connectivity index (χ0n) is 13.4. The van der Waals surface area contributed by atoms with E-state index in [1.54, 1.807) is 18.3 Å². The summed E-state index contributed by atoms with van der Waals surface area (Å²) >= 11 is 0. The number of halogens is 1. The van der Waals surface area contributed by atoms with Gasteiger partial charge in [0.05, 0.1) is 17.5 Å². The topological polar surface area (TPSA) is 50.8 Å². The van der Waals surface area contributed by atoms with Gasteiger partial charge in [0.2, 0.25) is 12.5 Å². The zero-order chi connectivity index (χ0) is 17.4. The SMILES string of the molecule is [C-]#[N+]Cc1ccc(-c2cccc3nc(NC(=O)C4CC4)cn23)cc1F. The molecule has 0 aliphatic heterocycles. The van der Waals surface area contributed by atoms with Gasteiger partial charge in [-0.05, 0) is 37.1 Å². The van der Waals surface area contributed by atoms with Gasteiger partial charge in [-0.1, -0.05) is 12.1 Å². The van der Waals surface area contributed by atoms with E-state index in [-0.39, 0.29) is 18.4 Å². The predicted octanol–water partition coefficient (Wildman–Crippen LogP) is 3.91. The Hall–Kier alpha value is -3.20. The molecule has 1 saturated carbocycles. The number of imidazole rings is 1. The van der Waals surface area contributed by atoms with Gasteiger partial charge in [0.1, 0.15) is 11.5 Å². The monoisotopic (exact) mass is 334 g/mol. The molecule has 6 heteroatoms. The molecule has 0 atom stereocenters. The number of pyridine rings is 1. The Kier molecular flexibility index (Phi) is 3.69. The van der Waals surface area contributed by atoms with Crippen LogP contribution in [-0.2, 0) is 11.3 Å². The predicted molar refractivity (Wildman–Crippen MR) is 92.2 cm³/mol. The molecule has 1 N–H and O–H groups in total. The zero-order valence-corrected chi connectivity index (χ0v) is 13.4. The molecule has 2 aromatic heterocycles. The van der Waals surface area contributed by atoms with E-state index in [0.29, 0.717) is 22.6 Å². The maximum Gasteiger partial charge on any atom is 0.242 e. The van der Waals surface area contributed by atoms with E-state index in [4.69, 9.17) is 6.57 Å². The fraction of sp³-hybridized carbons (Fsp3) is 0.211. The van der Waals surface area contributed by atoms with Crippen LogP contribution in [0.3, 0.4) is 0 Å². The maximum atomic E-state index is 14.2. The van der Waals surface area contributed by atoms with Crippen LogP contribution in [0.15, 0.2) is 42.6 Å². The molecule has 2 heterocycles. The Morgan fingerprint density at radius 2 is 2.20 bits per heavy atom. The van der Waals surface area contributed by atoms with Gasteiger partial charge in [-0.15, -0.1) is 0 Å². The molecule has 0 unspecified atom stereocenters. The summed E-state index contributed by atoms with van der Waals surface area (Å²) in [4.78, 5) is 19.6. The third-order valence-corrected chi connectivity index (χ3v) is 4.29. The van der Waals surface area contributed by atoms with Gasteiger partial charge in [-0.3, -0.25) is 9.20 Å². The van der Waals surface area contributed by atoms with E-state index in [2.05, 4.69) is 15.1 Å². The first-order valence-corrected chi connectivity index (χ1v) is 8.07. The van der Waals surface area contributed by atoms with E-state index >= 15 is 0 Å². The molecule has 1 aliphatic rings. The summed E-state index contributed by atoms with van der Waals surface area (Å²) in [6.07, 6.45) is 3.61. The molecule has 0 bridgehead atoms. The van der Waals surface area contributed by atoms with E-state index in [0.717, 1.165) is 18.5 Å². The van der Waals surface area contributed by atoms with Crippen LogP contribution in [0.2, 0.25) is 0 Å². The van der Waals surface area contributed by atoms with Crippen molar-refractivity contribution in [3.63, 3.8) is 0 Å². The number of fused-ring (bicyclic) bond motifs is 1. The lowest BCUT2D eigenvalue weighted by Gasteiger charge is -2.06. The highest BCUT2D eigenvalue weighted by Crippen LogP contribution is 2.30. The molecule has 1 aliphatic carbocycles. The standard InChI is InChI=1S/C19H15FN4O/c1-21-10-14-8-7-13(9-15(14)20)16-3-2-4-18-22-17(11-24(16)18)23-19(25)12-5-6-12/h2-4,7-9,11-12H,5-6,10H2,(H,23,25). The van der Waals surface area contributed by atoms with Gasteiger partial charge in [0, 0.05) is 11.5 Å². The van der Waals surface area contributed by atoms with Gasteiger partial charge < -0.3 is 10.2 Å². The Morgan fingerprint density at radius 3 is 2.92 bits per heavy atom. The fourth-order valence-electron chi connectivity index (χ4n) is 2.80. The average Bonchev–Trinajstić information content (AvgIpc) is 3.37. The molecule has 5 nitrogen and oxygen atoms in total. The van der Waals surface area contributed by atoms with Gasteiger partial charge in [-0.25, -0.2) is 15.9 Å². The van der Waals surface area contributed by atoms with Crippen molar-refractivity contribution in [1.82, 2.24) is 9.38 Å². The molecule has 124 valence electrons. The van der Waals surface area contributed by atoms with Crippen molar-refractivity contribution in [2.45, 2.75) is 19.4 Å². The average molecular weight is 334 g/mol. The molecule has 3 aromatic rings. The van der Waals surface area contributed by atoms with Crippen molar-refractivity contribution in [1.29, 1.82) is 0 Å². The second-order valence-corrected chi connectivity index (χ2v) is 6.15. The molecular weight excluding hydrogens is 319 g/mol. The molecule has 1 aromatic carbocycles. The van der Waals surface area contributed by atoms with Crippen LogP contribution in [0, 0.1) is 18.3 Å². The van der Waals surface area contributed by atoms with Crippen molar-refractivity contribution < 1.29 is 9.18 Å². The summed E-state index contributed by atoms with van der Waals surface area (Å²) in [6, 6.07) is 10.4. The number of aromatic nitrogens is 2. The Morgan fingerprint density at radius 1 is 1.36 bits per heavy atom. The maximum absolute atomic E-state index is 14.2. The third-order valence-electron chi connectivity index (χ3n) is 4.29. The minimum atomic E-state index is -0.395. The lowest BCUT2D eigenvalue weighted by Crippen LogP contribution is -2.13. The molecule has 1 fully saturated rings. The summed E-state index contributed by atoms with van der Waals surface area (Å²) in [5, 5.41) is 2.83. The van der Waals surface area contributed by atoms with Gasteiger partial charge in [0.25, 0.3) is 0 Å². The number of hydrogen-bond donors (Lipinski definition) is 1. The minimum Gasteiger partial charge on any atom is -0.312 e. The van der Waals surface area contributed by atoms with Gasteiger partial charge >= 0.3 is 0 Å². The first-order chi connectivity index (χ1) is 12.2. The van der Waals surface area contributed by atoms with Crippen LogP contribution in [-0.4, -0.2) is 15.3 Å². The number of rotatable bonds is 4. The van der Waals surface area contributed by atoms with Crippen LogP contribution in [0.4, 0.5) is 10.2 Å². The molecule has 25 heavy (non-hydrogen) atoms. The van der Waals surface area contributed by atoms with Crippen molar-refractivity contribution in [3.8, 4) is 11.3 Å². The van der Waals surface area contributed by atoms with Crippen LogP contribution in [0.5, 0.6) is 0 Å². The Labute approximate surface area is 143 Å². The number of hydrogen-bond acceptors (Lipinski definition) is 2. The molecular formula is C19H15FN4O. The van der Waals surface area contributed by atoms with E-state index < -0.39 is 5.82 Å². The Balaban J connectivity index is 1.72. The second kappa shape index (κ2) is 6.02. The number of nitrogens with zero attached hydrogens (tertiary/aromatic N) is 3. The highest BCUT2D eigenvalue weighted by atomic mass is 19.1. The number of nitrogens with one attached hydrogen (secondary N) is 1. The van der Waals surface area contributed by atoms with Crippen LogP contribution < -0.4 is 5.32 Å². The molecule has 0 radical (unpaired) electrons. The van der Waals surface area contributed by atoms with E-state index in [1.807, 2.05) is 22.6 Å². The van der Waals surface area contributed by atoms with Crippen LogP contribution in [0.25, 0.3) is 21.7 Å². The first kappa shape index (κ1) is 15.3. The number of amides is 1. The summed E-state index contributed by atoms with van der Waals surface area (Å²) in [6.45, 7) is 6.89. The van der Waals surface area contributed by atoms with Crippen molar-refractivity contribution in [2.75, 3.05) is 5.32 Å². The van der Waals surface area contributed by atoms with Gasteiger partial charge in [0.15, 0.2) is 5.82 Å². The normalized spacial score (nSPS) is 13.6. The number of carbonyl (C=O) groups is 1. The largest absolute Gasteiger partial charge is 0.312 e. The first-order valence-electron chi connectivity index (χ1n) is 8.07. The van der Waals surface area contributed by atoms with Gasteiger partial charge in [-0.2, -0.15) is 0 Å². The van der Waals surface area contributed by atoms with Crippen LogP contribution in [0.1, 0.15) is 18.4 Å². The molecule has 0 saturated heterocycles. The second-order valence-electron chi connectivity index (χ2n) is 6.15. The highest BCUT2D eigenvalue weighted by molar-refractivity contribution is 5.93. The minimum absolute atomic E-state index is 0.000465. The third kappa shape index (κ3) is 2.96.